The average molecular weight is 365 g/mol. The van der Waals surface area contributed by atoms with Crippen molar-refractivity contribution in [3.05, 3.63) is 28.7 Å². The van der Waals surface area contributed by atoms with E-state index < -0.39 is 15.9 Å². The third-order valence-electron chi connectivity index (χ3n) is 2.61. The lowest BCUT2D eigenvalue weighted by Gasteiger charge is -2.14. The molecule has 1 aromatic rings. The topological polar surface area (TPSA) is 90.7 Å². The zero-order valence-electron chi connectivity index (χ0n) is 11.1. The second kappa shape index (κ2) is 7.72. The molecule has 6 nitrogen and oxygen atoms in total. The number of quaternary nitrogens is 1. The predicted octanol–water partition coefficient (Wildman–Crippen LogP) is -0.162. The first-order valence-corrected chi connectivity index (χ1v) is 8.44. The van der Waals surface area contributed by atoms with Gasteiger partial charge in [0.25, 0.3) is 5.91 Å². The maximum Gasteiger partial charge on any atom is 0.279 e. The number of benzene rings is 1. The molecule has 1 unspecified atom stereocenters. The fourth-order valence-electron chi connectivity index (χ4n) is 1.67. The molecule has 1 atom stereocenters. The van der Waals surface area contributed by atoms with Crippen molar-refractivity contribution in [2.75, 3.05) is 31.2 Å². The number of amides is 1. The summed E-state index contributed by atoms with van der Waals surface area (Å²) in [5, 5.41) is 2.76. The number of halogens is 1. The van der Waals surface area contributed by atoms with Crippen molar-refractivity contribution in [3.8, 4) is 0 Å². The van der Waals surface area contributed by atoms with Gasteiger partial charge in [-0.25, -0.2) is 8.42 Å². The van der Waals surface area contributed by atoms with Crippen LogP contribution in [0.3, 0.4) is 0 Å². The number of carbonyl (C=O) groups is 1. The van der Waals surface area contributed by atoms with Gasteiger partial charge in [-0.2, -0.15) is 0 Å². The molecule has 20 heavy (non-hydrogen) atoms. The fourth-order valence-corrected chi connectivity index (χ4v) is 2.55. The minimum absolute atomic E-state index is 0.167. The Labute approximate surface area is 127 Å². The van der Waals surface area contributed by atoms with Gasteiger partial charge in [0, 0.05) is 16.6 Å². The van der Waals surface area contributed by atoms with Gasteiger partial charge in [-0.3, -0.25) is 4.79 Å². The van der Waals surface area contributed by atoms with E-state index in [-0.39, 0.29) is 18.9 Å². The molecule has 8 heteroatoms. The number of para-hydroxylation sites is 1. The Kier molecular flexibility index (Phi) is 6.60. The molecule has 2 N–H and O–H groups in total. The third-order valence-corrected chi connectivity index (χ3v) is 4.09. The summed E-state index contributed by atoms with van der Waals surface area (Å²) < 4.78 is 32.2. The van der Waals surface area contributed by atoms with Crippen LogP contribution >= 0.6 is 15.9 Å². The van der Waals surface area contributed by atoms with E-state index in [4.69, 9.17) is 0 Å². The van der Waals surface area contributed by atoms with E-state index in [2.05, 4.69) is 21.2 Å². The molecule has 0 saturated carbocycles. The SMILES string of the molecule is C[NH+](CCCS(=O)(=O)[O-])CC(=O)Nc1ccccc1Br. The van der Waals surface area contributed by atoms with Crippen LogP contribution in [0.1, 0.15) is 6.42 Å². The average Bonchev–Trinajstić information content (AvgIpc) is 2.30. The highest BCUT2D eigenvalue weighted by molar-refractivity contribution is 9.10. The van der Waals surface area contributed by atoms with E-state index in [1.165, 1.54) is 0 Å². The first-order valence-electron chi connectivity index (χ1n) is 6.07. The number of rotatable bonds is 7. The van der Waals surface area contributed by atoms with Gasteiger partial charge in [-0.1, -0.05) is 12.1 Å². The number of nitrogens with one attached hydrogen (secondary N) is 2. The summed E-state index contributed by atoms with van der Waals surface area (Å²) in [7, 11) is -2.40. The summed E-state index contributed by atoms with van der Waals surface area (Å²) in [5.41, 5.74) is 0.687. The van der Waals surface area contributed by atoms with E-state index in [1.807, 2.05) is 18.2 Å². The van der Waals surface area contributed by atoms with Crippen LogP contribution in [-0.2, 0) is 14.9 Å². The van der Waals surface area contributed by atoms with Crippen molar-refractivity contribution < 1.29 is 22.7 Å². The summed E-state index contributed by atoms with van der Waals surface area (Å²) in [6.45, 7) is 0.658. The van der Waals surface area contributed by atoms with Crippen LogP contribution in [0, 0.1) is 0 Å². The summed E-state index contributed by atoms with van der Waals surface area (Å²) in [6, 6.07) is 7.27. The molecule has 112 valence electrons. The zero-order valence-corrected chi connectivity index (χ0v) is 13.5. The van der Waals surface area contributed by atoms with Gasteiger partial charge in [0.15, 0.2) is 6.54 Å². The third kappa shape index (κ3) is 6.99. The quantitative estimate of drug-likeness (QED) is 0.657. The molecular weight excluding hydrogens is 348 g/mol. The van der Waals surface area contributed by atoms with Gasteiger partial charge in [-0.05, 0) is 28.1 Å². The van der Waals surface area contributed by atoms with Crippen molar-refractivity contribution in [1.82, 2.24) is 0 Å². The second-order valence-corrected chi connectivity index (χ2v) is 6.91. The van der Waals surface area contributed by atoms with Crippen molar-refractivity contribution in [1.29, 1.82) is 0 Å². The minimum Gasteiger partial charge on any atom is -0.748 e. The van der Waals surface area contributed by atoms with Crippen molar-refractivity contribution >= 4 is 37.6 Å². The molecule has 0 aliphatic carbocycles. The maximum absolute atomic E-state index is 11.8. The molecule has 1 aromatic carbocycles. The molecule has 1 rings (SSSR count). The van der Waals surface area contributed by atoms with Crippen molar-refractivity contribution in [2.45, 2.75) is 6.42 Å². The first-order chi connectivity index (χ1) is 9.28. The molecule has 1 amide bonds. The van der Waals surface area contributed by atoms with Crippen LogP contribution in [-0.4, -0.2) is 44.8 Å². The Hall–Kier alpha value is -0.960. The number of anilines is 1. The standard InChI is InChI=1S/C12H17BrN2O4S/c1-15(7-4-8-20(17,18)19)9-12(16)14-11-6-3-2-5-10(11)13/h2-3,5-6H,4,7-9H2,1H3,(H,14,16)(H,17,18,19). The maximum atomic E-state index is 11.8. The van der Waals surface area contributed by atoms with E-state index in [0.29, 0.717) is 12.2 Å². The van der Waals surface area contributed by atoms with Crippen LogP contribution < -0.4 is 10.2 Å². The Bertz CT molecular complexity index is 562. The highest BCUT2D eigenvalue weighted by atomic mass is 79.9. The largest absolute Gasteiger partial charge is 0.748 e. The van der Waals surface area contributed by atoms with Gasteiger partial charge in [0.1, 0.15) is 0 Å². The highest BCUT2D eigenvalue weighted by Crippen LogP contribution is 2.20. The normalized spacial score (nSPS) is 12.9. The number of likely N-dealkylation sites (N-methyl/N-ethyl adjacent to an activating group) is 1. The molecule has 0 spiro atoms. The Morgan fingerprint density at radius 1 is 1.40 bits per heavy atom. The molecule has 0 fully saturated rings. The molecule has 0 heterocycles. The molecule has 0 saturated heterocycles. The van der Waals surface area contributed by atoms with Gasteiger partial charge < -0.3 is 14.8 Å². The Balaban J connectivity index is 2.37. The molecule has 0 aromatic heterocycles. The van der Waals surface area contributed by atoms with Crippen LogP contribution in [0.25, 0.3) is 0 Å². The summed E-state index contributed by atoms with van der Waals surface area (Å²) >= 11 is 3.33. The lowest BCUT2D eigenvalue weighted by atomic mass is 10.3. The van der Waals surface area contributed by atoms with E-state index in [0.717, 1.165) is 9.37 Å². The molecule has 0 aliphatic heterocycles. The highest BCUT2D eigenvalue weighted by Gasteiger charge is 2.11. The minimum atomic E-state index is -4.17. The molecule has 0 bridgehead atoms. The summed E-state index contributed by atoms with van der Waals surface area (Å²) in [4.78, 5) is 12.6. The molecule has 0 aliphatic rings. The van der Waals surface area contributed by atoms with Crippen LogP contribution in [0.5, 0.6) is 0 Å². The smallest absolute Gasteiger partial charge is 0.279 e. The predicted molar refractivity (Wildman–Crippen MR) is 78.6 cm³/mol. The zero-order chi connectivity index (χ0) is 15.2. The second-order valence-electron chi connectivity index (χ2n) is 4.53. The number of hydrogen-bond donors (Lipinski definition) is 2. The van der Waals surface area contributed by atoms with Crippen molar-refractivity contribution in [3.63, 3.8) is 0 Å². The van der Waals surface area contributed by atoms with E-state index in [1.54, 1.807) is 13.1 Å². The Morgan fingerprint density at radius 2 is 2.05 bits per heavy atom. The lowest BCUT2D eigenvalue weighted by Crippen LogP contribution is -3.10. The van der Waals surface area contributed by atoms with Gasteiger partial charge in [0.2, 0.25) is 0 Å². The molecular formula is C12H17BrN2O4S. The van der Waals surface area contributed by atoms with Crippen LogP contribution in [0.15, 0.2) is 28.7 Å². The first kappa shape index (κ1) is 17.1. The van der Waals surface area contributed by atoms with Gasteiger partial charge in [-0.15, -0.1) is 0 Å². The Morgan fingerprint density at radius 3 is 2.65 bits per heavy atom. The van der Waals surface area contributed by atoms with Crippen LogP contribution in [0.4, 0.5) is 5.69 Å². The number of carbonyl (C=O) groups excluding carboxylic acids is 1. The van der Waals surface area contributed by atoms with Gasteiger partial charge >= 0.3 is 0 Å². The summed E-state index contributed by atoms with van der Waals surface area (Å²) in [5.74, 6) is -0.560. The van der Waals surface area contributed by atoms with Crippen LogP contribution in [0.2, 0.25) is 0 Å². The molecule has 0 radical (unpaired) electrons. The summed E-state index contributed by atoms with van der Waals surface area (Å²) in [6.07, 6.45) is 0.250. The number of hydrogen-bond acceptors (Lipinski definition) is 4. The van der Waals surface area contributed by atoms with Gasteiger partial charge in [0.05, 0.1) is 29.4 Å². The monoisotopic (exact) mass is 364 g/mol. The lowest BCUT2D eigenvalue weighted by molar-refractivity contribution is -0.870. The van der Waals surface area contributed by atoms with E-state index in [9.17, 15) is 17.8 Å². The fraction of sp³-hybridized carbons (Fsp3) is 0.417. The van der Waals surface area contributed by atoms with Crippen molar-refractivity contribution in [2.24, 2.45) is 0 Å². The van der Waals surface area contributed by atoms with E-state index >= 15 is 0 Å².